The number of alkyl halides is 3. The SMILES string of the molecule is Cn1ccc(-c2cc(C(=O)Nc3cccc(-c4cccnc4CNC(=O)[C@@H]4CCC(=O)N4)c3)c(F)cc2C(F)(F)F)n1. The number of halogens is 4. The Kier molecular flexibility index (Phi) is 7.74. The molecule has 216 valence electrons. The topological polar surface area (TPSA) is 118 Å². The first-order valence-electron chi connectivity index (χ1n) is 12.8. The van der Waals surface area contributed by atoms with Gasteiger partial charge in [0, 0.05) is 42.7 Å². The lowest BCUT2D eigenvalue weighted by molar-refractivity contribution is -0.137. The number of pyridine rings is 1. The molecule has 1 fully saturated rings. The number of rotatable bonds is 7. The van der Waals surface area contributed by atoms with E-state index in [9.17, 15) is 31.9 Å². The van der Waals surface area contributed by atoms with Crippen molar-refractivity contribution in [3.8, 4) is 22.4 Å². The number of nitrogens with zero attached hydrogens (tertiary/aromatic N) is 3. The van der Waals surface area contributed by atoms with E-state index in [0.717, 1.165) is 6.07 Å². The zero-order valence-electron chi connectivity index (χ0n) is 22.1. The summed E-state index contributed by atoms with van der Waals surface area (Å²) < 4.78 is 57.2. The highest BCUT2D eigenvalue weighted by Gasteiger charge is 2.36. The van der Waals surface area contributed by atoms with Crippen LogP contribution < -0.4 is 16.0 Å². The number of benzene rings is 2. The Labute approximate surface area is 237 Å². The van der Waals surface area contributed by atoms with Crippen LogP contribution in [-0.4, -0.2) is 38.5 Å². The molecule has 1 aliphatic rings. The van der Waals surface area contributed by atoms with Gasteiger partial charge in [-0.15, -0.1) is 0 Å². The normalized spacial score (nSPS) is 14.9. The zero-order chi connectivity index (χ0) is 30.0. The van der Waals surface area contributed by atoms with E-state index in [4.69, 9.17) is 0 Å². The van der Waals surface area contributed by atoms with Crippen LogP contribution in [0.15, 0.2) is 67.0 Å². The Morgan fingerprint density at radius 3 is 2.60 bits per heavy atom. The van der Waals surface area contributed by atoms with Gasteiger partial charge in [-0.05, 0) is 48.4 Å². The summed E-state index contributed by atoms with van der Waals surface area (Å²) in [4.78, 5) is 41.3. The van der Waals surface area contributed by atoms with Gasteiger partial charge in [-0.2, -0.15) is 18.3 Å². The van der Waals surface area contributed by atoms with Gasteiger partial charge in [0.1, 0.15) is 11.9 Å². The number of anilines is 1. The van der Waals surface area contributed by atoms with E-state index in [1.807, 2.05) is 0 Å². The molecule has 0 aliphatic carbocycles. The number of hydrogen-bond acceptors (Lipinski definition) is 5. The molecule has 2 aromatic carbocycles. The van der Waals surface area contributed by atoms with Gasteiger partial charge in [0.2, 0.25) is 11.8 Å². The van der Waals surface area contributed by atoms with Gasteiger partial charge in [0.05, 0.1) is 29.1 Å². The lowest BCUT2D eigenvalue weighted by Crippen LogP contribution is -2.41. The minimum atomic E-state index is -4.87. The fraction of sp³-hybridized carbons (Fsp3) is 0.207. The van der Waals surface area contributed by atoms with Crippen molar-refractivity contribution in [2.45, 2.75) is 31.6 Å². The van der Waals surface area contributed by atoms with Crippen LogP contribution in [0.1, 0.15) is 34.5 Å². The van der Waals surface area contributed by atoms with E-state index in [0.29, 0.717) is 29.3 Å². The number of nitrogens with one attached hydrogen (secondary N) is 3. The van der Waals surface area contributed by atoms with Crippen LogP contribution in [0.5, 0.6) is 0 Å². The van der Waals surface area contributed by atoms with Gasteiger partial charge in [-0.3, -0.25) is 24.0 Å². The summed E-state index contributed by atoms with van der Waals surface area (Å²) in [6.07, 6.45) is -1.19. The van der Waals surface area contributed by atoms with Gasteiger partial charge < -0.3 is 16.0 Å². The molecule has 0 unspecified atom stereocenters. The van der Waals surface area contributed by atoms with E-state index >= 15 is 0 Å². The van der Waals surface area contributed by atoms with E-state index in [-0.39, 0.29) is 36.2 Å². The number of carbonyl (C=O) groups excluding carboxylic acids is 3. The van der Waals surface area contributed by atoms with Crippen molar-refractivity contribution in [1.82, 2.24) is 25.4 Å². The molecule has 4 aromatic rings. The number of aryl methyl sites for hydroxylation is 1. The maximum absolute atomic E-state index is 14.9. The molecule has 3 amide bonds. The number of aromatic nitrogens is 3. The molecule has 3 N–H and O–H groups in total. The third-order valence-corrected chi connectivity index (χ3v) is 6.71. The summed E-state index contributed by atoms with van der Waals surface area (Å²) >= 11 is 0. The molecule has 0 bridgehead atoms. The second kappa shape index (κ2) is 11.4. The van der Waals surface area contributed by atoms with Crippen LogP contribution in [0.25, 0.3) is 22.4 Å². The lowest BCUT2D eigenvalue weighted by Gasteiger charge is -2.15. The molecule has 0 radical (unpaired) electrons. The average Bonchev–Trinajstić information content (AvgIpc) is 3.59. The highest BCUT2D eigenvalue weighted by molar-refractivity contribution is 6.05. The standard InChI is InChI=1S/C29H24F4N6O3/c1-39-11-9-23(38-39)19-13-20(22(30)14-21(19)29(31,32)33)27(41)36-17-5-2-4-16(12-17)18-6-3-10-34-25(18)15-35-28(42)24-7-8-26(40)37-24/h2-6,9-14,24H,7-8,15H2,1H3,(H,35,42)(H,36,41)(H,37,40)/t24-/m0/s1. The van der Waals surface area contributed by atoms with Crippen molar-refractivity contribution >= 4 is 23.4 Å². The van der Waals surface area contributed by atoms with E-state index in [1.165, 1.54) is 24.0 Å². The molecule has 1 saturated heterocycles. The highest BCUT2D eigenvalue weighted by Crippen LogP contribution is 2.38. The molecule has 1 atom stereocenters. The average molecular weight is 581 g/mol. The first-order chi connectivity index (χ1) is 20.0. The number of carbonyl (C=O) groups is 3. The summed E-state index contributed by atoms with van der Waals surface area (Å²) in [6.45, 7) is 0.0744. The first kappa shape index (κ1) is 28.5. The molecule has 0 spiro atoms. The van der Waals surface area contributed by atoms with Crippen molar-refractivity contribution in [2.24, 2.45) is 7.05 Å². The van der Waals surface area contributed by atoms with Gasteiger partial charge in [-0.1, -0.05) is 18.2 Å². The van der Waals surface area contributed by atoms with Crippen LogP contribution in [0.3, 0.4) is 0 Å². The minimum Gasteiger partial charge on any atom is -0.349 e. The summed E-state index contributed by atoms with van der Waals surface area (Å²) in [6, 6.07) is 11.8. The van der Waals surface area contributed by atoms with Crippen LogP contribution in [-0.2, 0) is 29.4 Å². The second-order valence-electron chi connectivity index (χ2n) is 9.66. The molecule has 2 aromatic heterocycles. The quantitative estimate of drug-likeness (QED) is 0.279. The van der Waals surface area contributed by atoms with Crippen molar-refractivity contribution in [3.63, 3.8) is 0 Å². The van der Waals surface area contributed by atoms with Crippen LogP contribution >= 0.6 is 0 Å². The molecule has 0 saturated carbocycles. The van der Waals surface area contributed by atoms with Crippen molar-refractivity contribution in [2.75, 3.05) is 5.32 Å². The summed E-state index contributed by atoms with van der Waals surface area (Å²) in [7, 11) is 1.53. The van der Waals surface area contributed by atoms with Crippen LogP contribution in [0.4, 0.5) is 23.2 Å². The summed E-state index contributed by atoms with van der Waals surface area (Å²) in [5.74, 6) is -2.80. The molecule has 3 heterocycles. The molecule has 9 nitrogen and oxygen atoms in total. The first-order valence-corrected chi connectivity index (χ1v) is 12.8. The smallest absolute Gasteiger partial charge is 0.349 e. The maximum atomic E-state index is 14.9. The third-order valence-electron chi connectivity index (χ3n) is 6.71. The fourth-order valence-corrected chi connectivity index (χ4v) is 4.66. The lowest BCUT2D eigenvalue weighted by atomic mass is 9.99. The Morgan fingerprint density at radius 2 is 1.90 bits per heavy atom. The highest BCUT2D eigenvalue weighted by atomic mass is 19.4. The predicted octanol–water partition coefficient (Wildman–Crippen LogP) is 4.45. The summed E-state index contributed by atoms with van der Waals surface area (Å²) in [5.41, 5.74) is -0.295. The van der Waals surface area contributed by atoms with Crippen LogP contribution in [0, 0.1) is 5.82 Å². The molecule has 1 aliphatic heterocycles. The Morgan fingerprint density at radius 1 is 1.10 bits per heavy atom. The second-order valence-corrected chi connectivity index (χ2v) is 9.66. The number of hydrogen-bond donors (Lipinski definition) is 3. The van der Waals surface area contributed by atoms with Crippen molar-refractivity contribution in [1.29, 1.82) is 0 Å². The molecule has 5 rings (SSSR count). The minimum absolute atomic E-state index is 0.0626. The maximum Gasteiger partial charge on any atom is 0.417 e. The molecule has 13 heteroatoms. The number of amides is 3. The zero-order valence-corrected chi connectivity index (χ0v) is 22.1. The van der Waals surface area contributed by atoms with Gasteiger partial charge in [0.25, 0.3) is 5.91 Å². The third kappa shape index (κ3) is 6.14. The van der Waals surface area contributed by atoms with E-state index < -0.39 is 40.6 Å². The fourth-order valence-electron chi connectivity index (χ4n) is 4.66. The van der Waals surface area contributed by atoms with Gasteiger partial charge >= 0.3 is 6.18 Å². The van der Waals surface area contributed by atoms with Gasteiger partial charge in [0.15, 0.2) is 0 Å². The molecule has 42 heavy (non-hydrogen) atoms. The van der Waals surface area contributed by atoms with E-state index in [1.54, 1.807) is 42.6 Å². The largest absolute Gasteiger partial charge is 0.417 e. The Balaban J connectivity index is 1.38. The van der Waals surface area contributed by atoms with Crippen molar-refractivity contribution < 1.29 is 31.9 Å². The predicted molar refractivity (Wildman–Crippen MR) is 144 cm³/mol. The Bertz CT molecular complexity index is 1680. The molecular weight excluding hydrogens is 556 g/mol. The van der Waals surface area contributed by atoms with Crippen LogP contribution in [0.2, 0.25) is 0 Å². The van der Waals surface area contributed by atoms with Gasteiger partial charge in [-0.25, -0.2) is 4.39 Å². The van der Waals surface area contributed by atoms with E-state index in [2.05, 4.69) is 26.0 Å². The molecular formula is C29H24F4N6O3. The Hall–Kier alpha value is -5.07. The monoisotopic (exact) mass is 580 g/mol. The summed E-state index contributed by atoms with van der Waals surface area (Å²) in [5, 5.41) is 11.9. The van der Waals surface area contributed by atoms with Crippen molar-refractivity contribution in [3.05, 3.63) is 89.6 Å².